The van der Waals surface area contributed by atoms with Gasteiger partial charge in [-0.25, -0.2) is 0 Å². The lowest BCUT2D eigenvalue weighted by Gasteiger charge is -2.43. The Morgan fingerprint density at radius 3 is 2.39 bits per heavy atom. The molecule has 2 fully saturated rings. The number of alkyl halides is 6. The third-order valence-corrected chi connectivity index (χ3v) is 6.70. The zero-order chi connectivity index (χ0) is 19.8. The lowest BCUT2D eigenvalue weighted by molar-refractivity contribution is -0.142. The first-order chi connectivity index (χ1) is 13.1. The van der Waals surface area contributed by atoms with Crippen molar-refractivity contribution in [2.24, 2.45) is 17.8 Å². The Morgan fingerprint density at radius 1 is 0.929 bits per heavy atom. The number of benzene rings is 1. The number of nitrogens with zero attached hydrogens (tertiary/aromatic N) is 1. The largest absolute Gasteiger partial charge is 0.433 e. The highest BCUT2D eigenvalue weighted by Gasteiger charge is 2.55. The van der Waals surface area contributed by atoms with Gasteiger partial charge in [-0.05, 0) is 60.6 Å². The third kappa shape index (κ3) is 2.54. The molecule has 5 atom stereocenters. The first-order valence-electron chi connectivity index (χ1n) is 9.22. The fourth-order valence-corrected chi connectivity index (χ4v) is 5.73. The summed E-state index contributed by atoms with van der Waals surface area (Å²) in [5, 5.41) is 8.64. The molecule has 2 saturated carbocycles. The van der Waals surface area contributed by atoms with Gasteiger partial charge in [-0.3, -0.25) is 5.10 Å². The average molecular weight is 401 g/mol. The maximum absolute atomic E-state index is 13.4. The predicted molar refractivity (Wildman–Crippen MR) is 88.5 cm³/mol. The molecule has 2 heterocycles. The second kappa shape index (κ2) is 5.67. The van der Waals surface area contributed by atoms with Crippen molar-refractivity contribution in [3.05, 3.63) is 46.8 Å². The summed E-state index contributed by atoms with van der Waals surface area (Å²) in [5.41, 5.74) is -0.677. The highest BCUT2D eigenvalue weighted by atomic mass is 19.4. The third-order valence-electron chi connectivity index (χ3n) is 6.70. The van der Waals surface area contributed by atoms with E-state index in [1.54, 1.807) is 0 Å². The molecule has 1 aliphatic heterocycles. The summed E-state index contributed by atoms with van der Waals surface area (Å²) in [5.74, 6) is 0.454. The minimum atomic E-state index is -4.60. The van der Waals surface area contributed by atoms with Gasteiger partial charge in [-0.2, -0.15) is 31.4 Å². The lowest BCUT2D eigenvalue weighted by atomic mass is 9.68. The maximum Gasteiger partial charge on any atom is 0.433 e. The van der Waals surface area contributed by atoms with Gasteiger partial charge in [-0.15, -0.1) is 0 Å². The number of aromatic amines is 1. The normalized spacial score (nSPS) is 31.4. The monoisotopic (exact) mass is 401 g/mol. The summed E-state index contributed by atoms with van der Waals surface area (Å²) in [4.78, 5) is 0. The van der Waals surface area contributed by atoms with Gasteiger partial charge in [0, 0.05) is 11.3 Å². The predicted octanol–water partition coefficient (Wildman–Crippen LogP) is 5.74. The van der Waals surface area contributed by atoms with Crippen molar-refractivity contribution in [1.82, 2.24) is 10.2 Å². The van der Waals surface area contributed by atoms with Crippen LogP contribution in [0, 0.1) is 17.8 Å². The summed E-state index contributed by atoms with van der Waals surface area (Å²) in [6.07, 6.45) is -5.13. The molecule has 0 amide bonds. The molecule has 3 nitrogen and oxygen atoms in total. The van der Waals surface area contributed by atoms with Crippen LogP contribution in [0.2, 0.25) is 0 Å². The number of aromatic nitrogens is 2. The first kappa shape index (κ1) is 17.9. The van der Waals surface area contributed by atoms with Gasteiger partial charge in [0.05, 0.1) is 17.8 Å². The van der Waals surface area contributed by atoms with Crippen molar-refractivity contribution >= 4 is 5.69 Å². The molecular weight excluding hydrogens is 384 g/mol. The van der Waals surface area contributed by atoms with Crippen LogP contribution in [0.3, 0.4) is 0 Å². The SMILES string of the molecule is FC(F)(F)c1ccc2c(c1)N[C@@H](c1cn[nH]c1C(F)(F)F)[C@@H]1[C@H]3CC[C@H](C3)[C@H]21. The van der Waals surface area contributed by atoms with Crippen molar-refractivity contribution < 1.29 is 26.3 Å². The Morgan fingerprint density at radius 2 is 1.68 bits per heavy atom. The van der Waals surface area contributed by atoms with Crippen LogP contribution in [0.5, 0.6) is 0 Å². The molecule has 2 aromatic rings. The van der Waals surface area contributed by atoms with Crippen LogP contribution < -0.4 is 5.32 Å². The smallest absolute Gasteiger partial charge is 0.378 e. The molecule has 0 radical (unpaired) electrons. The molecule has 150 valence electrons. The van der Waals surface area contributed by atoms with Crippen molar-refractivity contribution in [2.75, 3.05) is 5.32 Å². The maximum atomic E-state index is 13.4. The zero-order valence-corrected chi connectivity index (χ0v) is 14.5. The van der Waals surface area contributed by atoms with Crippen molar-refractivity contribution in [3.8, 4) is 0 Å². The Bertz CT molecular complexity index is 915. The molecule has 2 bridgehead atoms. The molecule has 0 saturated heterocycles. The number of H-pyrrole nitrogens is 1. The number of hydrogen-bond acceptors (Lipinski definition) is 2. The van der Waals surface area contributed by atoms with Crippen LogP contribution >= 0.6 is 0 Å². The number of hydrogen-bond donors (Lipinski definition) is 2. The summed E-state index contributed by atoms with van der Waals surface area (Å²) in [6, 6.07) is 2.88. The second-order valence-corrected chi connectivity index (χ2v) is 8.06. The van der Waals surface area contributed by atoms with Gasteiger partial charge >= 0.3 is 12.4 Å². The van der Waals surface area contributed by atoms with Crippen LogP contribution in [-0.2, 0) is 12.4 Å². The quantitative estimate of drug-likeness (QED) is 0.598. The minimum absolute atomic E-state index is 0.0156. The number of halogens is 6. The molecule has 28 heavy (non-hydrogen) atoms. The van der Waals surface area contributed by atoms with Crippen LogP contribution in [0.15, 0.2) is 24.4 Å². The standard InChI is InChI=1S/C19H17F6N3/c20-18(21,22)10-3-4-11-13(6-10)27-16(12-7-26-28-17(12)19(23,24)25)15-9-2-1-8(5-9)14(11)15/h3-4,6-9,14-16,27H,1-2,5H2,(H,26,28)/t8-,9+,14-,15-,16+/m1/s1. The molecule has 0 spiro atoms. The Hall–Kier alpha value is -2.19. The van der Waals surface area contributed by atoms with Crippen molar-refractivity contribution in [3.63, 3.8) is 0 Å². The summed E-state index contributed by atoms with van der Waals surface area (Å²) in [7, 11) is 0. The van der Waals surface area contributed by atoms with Crippen LogP contribution in [0.4, 0.5) is 32.0 Å². The van der Waals surface area contributed by atoms with Gasteiger partial charge < -0.3 is 5.32 Å². The number of anilines is 1. The molecule has 2 N–H and O–H groups in total. The Balaban J connectivity index is 1.64. The molecule has 5 rings (SSSR count). The van der Waals surface area contributed by atoms with E-state index in [-0.39, 0.29) is 29.0 Å². The van der Waals surface area contributed by atoms with Gasteiger partial charge in [0.25, 0.3) is 0 Å². The average Bonchev–Trinajstić information content (AvgIpc) is 3.34. The summed E-state index contributed by atoms with van der Waals surface area (Å²) >= 11 is 0. The van der Waals surface area contributed by atoms with Crippen LogP contribution in [-0.4, -0.2) is 10.2 Å². The Labute approximate surface area is 156 Å². The van der Waals surface area contributed by atoms with E-state index in [1.807, 2.05) is 5.10 Å². The second-order valence-electron chi connectivity index (χ2n) is 8.06. The van der Waals surface area contributed by atoms with Crippen molar-refractivity contribution in [2.45, 2.75) is 43.6 Å². The van der Waals surface area contributed by atoms with Gasteiger partial charge in [0.2, 0.25) is 0 Å². The van der Waals surface area contributed by atoms with Crippen LogP contribution in [0.1, 0.15) is 53.6 Å². The molecule has 9 heteroatoms. The number of fused-ring (bicyclic) bond motifs is 7. The summed E-state index contributed by atoms with van der Waals surface area (Å²) < 4.78 is 79.8. The summed E-state index contributed by atoms with van der Waals surface area (Å²) in [6.45, 7) is 0. The van der Waals surface area contributed by atoms with E-state index in [9.17, 15) is 26.3 Å². The molecule has 2 aliphatic carbocycles. The van der Waals surface area contributed by atoms with E-state index in [0.717, 1.165) is 43.2 Å². The number of rotatable bonds is 1. The van der Waals surface area contributed by atoms with E-state index in [0.29, 0.717) is 5.92 Å². The first-order valence-corrected chi connectivity index (χ1v) is 9.22. The van der Waals surface area contributed by atoms with Gasteiger partial charge in [0.1, 0.15) is 5.69 Å². The number of nitrogens with one attached hydrogen (secondary N) is 2. The topological polar surface area (TPSA) is 40.7 Å². The fourth-order valence-electron chi connectivity index (χ4n) is 5.73. The lowest BCUT2D eigenvalue weighted by Crippen LogP contribution is -2.36. The van der Waals surface area contributed by atoms with Gasteiger partial charge in [0.15, 0.2) is 0 Å². The fraction of sp³-hybridized carbons (Fsp3) is 0.526. The highest BCUT2D eigenvalue weighted by molar-refractivity contribution is 5.61. The highest BCUT2D eigenvalue weighted by Crippen LogP contribution is 2.64. The zero-order valence-electron chi connectivity index (χ0n) is 14.5. The molecule has 1 aromatic heterocycles. The van der Waals surface area contributed by atoms with E-state index in [4.69, 9.17) is 0 Å². The van der Waals surface area contributed by atoms with E-state index >= 15 is 0 Å². The molecular formula is C19H17F6N3. The minimum Gasteiger partial charge on any atom is -0.378 e. The van der Waals surface area contributed by atoms with E-state index < -0.39 is 29.7 Å². The van der Waals surface area contributed by atoms with E-state index in [2.05, 4.69) is 10.4 Å². The van der Waals surface area contributed by atoms with Crippen LogP contribution in [0.25, 0.3) is 0 Å². The molecule has 0 unspecified atom stereocenters. The van der Waals surface area contributed by atoms with Crippen molar-refractivity contribution in [1.29, 1.82) is 0 Å². The van der Waals surface area contributed by atoms with E-state index in [1.165, 1.54) is 6.07 Å². The molecule has 3 aliphatic rings. The van der Waals surface area contributed by atoms with Gasteiger partial charge in [-0.1, -0.05) is 6.07 Å². The Kier molecular flexibility index (Phi) is 3.62. The molecule has 1 aromatic carbocycles.